The maximum Gasteiger partial charge on any atom is 0.240 e. The third-order valence-corrected chi connectivity index (χ3v) is 5.57. The first-order valence-corrected chi connectivity index (χ1v) is 10.0. The summed E-state index contributed by atoms with van der Waals surface area (Å²) >= 11 is 0. The molecule has 0 bridgehead atoms. The van der Waals surface area contributed by atoms with Gasteiger partial charge in [-0.1, -0.05) is 37.6 Å². The fourth-order valence-corrected chi connectivity index (χ4v) is 3.79. The molecule has 1 aromatic rings. The number of nitrogens with zero attached hydrogens (tertiary/aromatic N) is 3. The molecule has 6 heteroatoms. The van der Waals surface area contributed by atoms with E-state index < -0.39 is 5.41 Å². The van der Waals surface area contributed by atoms with E-state index >= 15 is 0 Å². The summed E-state index contributed by atoms with van der Waals surface area (Å²) in [4.78, 5) is 44.2. The highest BCUT2D eigenvalue weighted by atomic mass is 16.2. The summed E-state index contributed by atoms with van der Waals surface area (Å²) in [5.74, 6) is -0.530. The molecule has 1 aliphatic rings. The highest BCUT2D eigenvalue weighted by Gasteiger charge is 2.54. The molecule has 0 aliphatic carbocycles. The van der Waals surface area contributed by atoms with Crippen molar-refractivity contribution in [3.63, 3.8) is 0 Å². The maximum atomic E-state index is 13.5. The van der Waals surface area contributed by atoms with Crippen molar-refractivity contribution in [2.75, 3.05) is 40.8 Å². The van der Waals surface area contributed by atoms with Crippen LogP contribution in [0, 0.1) is 6.92 Å². The predicted octanol–water partition coefficient (Wildman–Crippen LogP) is 2.20. The Bertz CT molecular complexity index is 731. The zero-order valence-electron chi connectivity index (χ0n) is 17.8. The van der Waals surface area contributed by atoms with Gasteiger partial charge < -0.3 is 9.80 Å². The Morgan fingerprint density at radius 2 is 1.82 bits per heavy atom. The van der Waals surface area contributed by atoms with Gasteiger partial charge in [-0.15, -0.1) is 0 Å². The lowest BCUT2D eigenvalue weighted by Crippen LogP contribution is -2.44. The van der Waals surface area contributed by atoms with E-state index in [9.17, 15) is 14.4 Å². The van der Waals surface area contributed by atoms with Gasteiger partial charge in [-0.3, -0.25) is 19.3 Å². The number of hydrogen-bond acceptors (Lipinski definition) is 4. The van der Waals surface area contributed by atoms with Crippen LogP contribution in [0.2, 0.25) is 0 Å². The molecule has 6 nitrogen and oxygen atoms in total. The first-order chi connectivity index (χ1) is 13.2. The number of benzene rings is 1. The third kappa shape index (κ3) is 4.61. The molecule has 1 aromatic carbocycles. The standard InChI is InChI=1S/C22H33N3O3/c1-6-7-12-24(5)19(26)15-22(18-11-9-8-10-17(18)2)16-20(27)25(21(22)28)14-13-23(3)4/h8-11H,6-7,12-16H2,1-5H3/t22-/m1/s1. The lowest BCUT2D eigenvalue weighted by molar-refractivity contribution is -0.142. The molecule has 1 atom stereocenters. The topological polar surface area (TPSA) is 60.9 Å². The van der Waals surface area contributed by atoms with Gasteiger partial charge in [-0.05, 0) is 38.6 Å². The number of rotatable bonds is 9. The lowest BCUT2D eigenvalue weighted by atomic mass is 9.74. The van der Waals surface area contributed by atoms with Crippen molar-refractivity contribution < 1.29 is 14.4 Å². The van der Waals surface area contributed by atoms with Crippen LogP contribution in [-0.4, -0.2) is 73.2 Å². The molecule has 154 valence electrons. The number of likely N-dealkylation sites (tertiary alicyclic amines) is 1. The minimum atomic E-state index is -1.10. The van der Waals surface area contributed by atoms with E-state index in [1.807, 2.05) is 50.2 Å². The van der Waals surface area contributed by atoms with Gasteiger partial charge in [0, 0.05) is 39.5 Å². The molecule has 0 N–H and O–H groups in total. The number of aryl methyl sites for hydroxylation is 1. The molecule has 0 saturated carbocycles. The quantitative estimate of drug-likeness (QED) is 0.610. The third-order valence-electron chi connectivity index (χ3n) is 5.57. The van der Waals surface area contributed by atoms with Crippen molar-refractivity contribution in [3.05, 3.63) is 35.4 Å². The van der Waals surface area contributed by atoms with Gasteiger partial charge in [-0.2, -0.15) is 0 Å². The second kappa shape index (κ2) is 9.32. The van der Waals surface area contributed by atoms with Crippen molar-refractivity contribution in [3.8, 4) is 0 Å². The Morgan fingerprint density at radius 1 is 1.14 bits per heavy atom. The second-order valence-electron chi connectivity index (χ2n) is 8.07. The van der Waals surface area contributed by atoms with Gasteiger partial charge in [0.15, 0.2) is 0 Å². The molecule has 28 heavy (non-hydrogen) atoms. The van der Waals surface area contributed by atoms with Crippen LogP contribution in [-0.2, 0) is 19.8 Å². The summed E-state index contributed by atoms with van der Waals surface area (Å²) < 4.78 is 0. The highest BCUT2D eigenvalue weighted by Crippen LogP contribution is 2.41. The van der Waals surface area contributed by atoms with Crippen molar-refractivity contribution in [1.82, 2.24) is 14.7 Å². The van der Waals surface area contributed by atoms with Gasteiger partial charge in [0.25, 0.3) is 0 Å². The Hall–Kier alpha value is -2.21. The van der Waals surface area contributed by atoms with Crippen LogP contribution in [0.25, 0.3) is 0 Å². The number of unbranched alkanes of at least 4 members (excludes halogenated alkanes) is 1. The van der Waals surface area contributed by atoms with E-state index in [1.54, 1.807) is 11.9 Å². The van der Waals surface area contributed by atoms with E-state index in [4.69, 9.17) is 0 Å². The van der Waals surface area contributed by atoms with Crippen molar-refractivity contribution in [2.45, 2.75) is 44.9 Å². The first kappa shape index (κ1) is 22.1. The summed E-state index contributed by atoms with van der Waals surface area (Å²) in [7, 11) is 5.59. The molecular weight excluding hydrogens is 354 g/mol. The van der Waals surface area contributed by atoms with E-state index in [0.717, 1.165) is 24.0 Å². The predicted molar refractivity (Wildman–Crippen MR) is 110 cm³/mol. The van der Waals surface area contributed by atoms with Gasteiger partial charge in [0.1, 0.15) is 0 Å². The zero-order chi connectivity index (χ0) is 20.9. The van der Waals surface area contributed by atoms with Gasteiger partial charge in [0.2, 0.25) is 17.7 Å². The summed E-state index contributed by atoms with van der Waals surface area (Å²) in [6, 6.07) is 7.60. The molecule has 2 rings (SSSR count). The van der Waals surface area contributed by atoms with Crippen LogP contribution in [0.15, 0.2) is 24.3 Å². The first-order valence-electron chi connectivity index (χ1n) is 10.0. The van der Waals surface area contributed by atoms with Crippen LogP contribution in [0.1, 0.15) is 43.7 Å². The van der Waals surface area contributed by atoms with Crippen molar-refractivity contribution >= 4 is 17.7 Å². The number of imide groups is 1. The van der Waals surface area contributed by atoms with Crippen LogP contribution in [0.5, 0.6) is 0 Å². The average molecular weight is 388 g/mol. The van der Waals surface area contributed by atoms with Crippen LogP contribution in [0.4, 0.5) is 0 Å². The molecule has 1 fully saturated rings. The number of likely N-dealkylation sites (N-methyl/N-ethyl adjacent to an activating group) is 1. The molecule has 1 saturated heterocycles. The van der Waals surface area contributed by atoms with Crippen molar-refractivity contribution in [2.24, 2.45) is 0 Å². The summed E-state index contributed by atoms with van der Waals surface area (Å²) in [6.45, 7) is 5.62. The molecule has 1 aliphatic heterocycles. The summed E-state index contributed by atoms with van der Waals surface area (Å²) in [5, 5.41) is 0. The summed E-state index contributed by atoms with van der Waals surface area (Å²) in [6.07, 6.45) is 2.00. The smallest absolute Gasteiger partial charge is 0.240 e. The summed E-state index contributed by atoms with van der Waals surface area (Å²) in [5.41, 5.74) is 0.617. The maximum absolute atomic E-state index is 13.5. The molecular formula is C22H33N3O3. The minimum absolute atomic E-state index is 0.0289. The second-order valence-corrected chi connectivity index (χ2v) is 8.07. The van der Waals surface area contributed by atoms with Crippen LogP contribution >= 0.6 is 0 Å². The van der Waals surface area contributed by atoms with Gasteiger partial charge in [-0.25, -0.2) is 0 Å². The molecule has 0 spiro atoms. The zero-order valence-corrected chi connectivity index (χ0v) is 17.8. The molecule has 0 aromatic heterocycles. The average Bonchev–Trinajstić information content (AvgIpc) is 2.88. The molecule has 0 unspecified atom stereocenters. The Balaban J connectivity index is 2.39. The van der Waals surface area contributed by atoms with Crippen molar-refractivity contribution in [1.29, 1.82) is 0 Å². The number of carbonyl (C=O) groups is 3. The largest absolute Gasteiger partial charge is 0.346 e. The number of carbonyl (C=O) groups excluding carboxylic acids is 3. The van der Waals surface area contributed by atoms with Gasteiger partial charge in [0.05, 0.1) is 5.41 Å². The Kier molecular flexibility index (Phi) is 7.35. The van der Waals surface area contributed by atoms with E-state index in [1.165, 1.54) is 4.90 Å². The van der Waals surface area contributed by atoms with E-state index in [-0.39, 0.29) is 30.6 Å². The fraction of sp³-hybridized carbons (Fsp3) is 0.591. The minimum Gasteiger partial charge on any atom is -0.346 e. The van der Waals surface area contributed by atoms with Crippen LogP contribution in [0.3, 0.4) is 0 Å². The normalized spacial score (nSPS) is 19.6. The monoisotopic (exact) mass is 387 g/mol. The molecule has 1 heterocycles. The van der Waals surface area contributed by atoms with E-state index in [0.29, 0.717) is 19.6 Å². The van der Waals surface area contributed by atoms with Crippen LogP contribution < -0.4 is 0 Å². The number of amides is 3. The lowest BCUT2D eigenvalue weighted by Gasteiger charge is -2.30. The van der Waals surface area contributed by atoms with Gasteiger partial charge >= 0.3 is 0 Å². The Morgan fingerprint density at radius 3 is 2.43 bits per heavy atom. The molecule has 3 amide bonds. The fourth-order valence-electron chi connectivity index (χ4n) is 3.79. The Labute approximate surface area is 168 Å². The SMILES string of the molecule is CCCCN(C)C(=O)C[C@]1(c2ccccc2C)CC(=O)N(CCN(C)C)C1=O. The number of hydrogen-bond donors (Lipinski definition) is 0. The van der Waals surface area contributed by atoms with E-state index in [2.05, 4.69) is 6.92 Å². The highest BCUT2D eigenvalue weighted by molar-refractivity contribution is 6.10. The molecule has 0 radical (unpaired) electrons.